The number of nitrogens with zero attached hydrogens (tertiary/aromatic N) is 3. The zero-order valence-corrected chi connectivity index (χ0v) is 15.4. The number of anilines is 1. The minimum absolute atomic E-state index is 0.252. The highest BCUT2D eigenvalue weighted by Gasteiger charge is 2.13. The van der Waals surface area contributed by atoms with Gasteiger partial charge in [-0.05, 0) is 36.6 Å². The van der Waals surface area contributed by atoms with Crippen LogP contribution in [0.5, 0.6) is 0 Å². The molecule has 144 valence electrons. The van der Waals surface area contributed by atoms with Crippen LogP contribution in [-0.2, 0) is 17.9 Å². The zero-order chi connectivity index (χ0) is 19.5. The zero-order valence-electron chi connectivity index (χ0n) is 15.4. The van der Waals surface area contributed by atoms with E-state index in [-0.39, 0.29) is 12.5 Å². The van der Waals surface area contributed by atoms with Crippen molar-refractivity contribution in [2.45, 2.75) is 25.9 Å². The highest BCUT2D eigenvalue weighted by molar-refractivity contribution is 5.81. The molecule has 0 spiro atoms. The number of amides is 1. The molecule has 1 aliphatic rings. The van der Waals surface area contributed by atoms with E-state index in [0.29, 0.717) is 17.3 Å². The molecule has 1 aliphatic heterocycles. The normalized spacial score (nSPS) is 13.8. The third kappa shape index (κ3) is 3.66. The summed E-state index contributed by atoms with van der Waals surface area (Å²) in [6, 6.07) is 10.4. The first-order chi connectivity index (χ1) is 13.6. The Labute approximate surface area is 160 Å². The number of hydrogen-bond acceptors (Lipinski definition) is 5. The smallest absolute Gasteiger partial charge is 0.273 e. The summed E-state index contributed by atoms with van der Waals surface area (Å²) in [7, 11) is 0. The average Bonchev–Trinajstić information content (AvgIpc) is 3.26. The lowest BCUT2D eigenvalue weighted by atomic mass is 10.2. The number of hydrogen-bond donors (Lipinski definition) is 2. The van der Waals surface area contributed by atoms with Gasteiger partial charge in [0, 0.05) is 25.8 Å². The Bertz CT molecular complexity index is 1110. The first-order valence-corrected chi connectivity index (χ1v) is 9.30. The summed E-state index contributed by atoms with van der Waals surface area (Å²) in [6.45, 7) is 2.11. The second kappa shape index (κ2) is 7.67. The summed E-state index contributed by atoms with van der Waals surface area (Å²) in [6.07, 6.45) is 4.13. The van der Waals surface area contributed by atoms with E-state index in [2.05, 4.69) is 20.3 Å². The molecule has 1 fully saturated rings. The highest BCUT2D eigenvalue weighted by Crippen LogP contribution is 2.17. The van der Waals surface area contributed by atoms with Crippen LogP contribution in [0, 0.1) is 0 Å². The van der Waals surface area contributed by atoms with Crippen molar-refractivity contribution in [1.29, 1.82) is 0 Å². The summed E-state index contributed by atoms with van der Waals surface area (Å²) in [4.78, 5) is 43.5. The molecule has 0 unspecified atom stereocenters. The molecular weight excluding hydrogens is 358 g/mol. The molecule has 4 rings (SSSR count). The SMILES string of the molecule is O=C(Cn1[nH]c(=O)c2ccccc2c1=O)NCc1ccc(N2CCCC2)nc1. The molecule has 3 heterocycles. The minimum atomic E-state index is -0.401. The number of aromatic nitrogens is 3. The van der Waals surface area contributed by atoms with Crippen molar-refractivity contribution >= 4 is 22.5 Å². The van der Waals surface area contributed by atoms with Crippen molar-refractivity contribution in [2.75, 3.05) is 18.0 Å². The van der Waals surface area contributed by atoms with Crippen molar-refractivity contribution in [3.63, 3.8) is 0 Å². The molecule has 0 aliphatic carbocycles. The van der Waals surface area contributed by atoms with Crippen molar-refractivity contribution in [1.82, 2.24) is 20.1 Å². The van der Waals surface area contributed by atoms with Crippen LogP contribution in [0.2, 0.25) is 0 Å². The number of rotatable bonds is 5. The molecular formula is C20H21N5O3. The summed E-state index contributed by atoms with van der Waals surface area (Å²) in [5, 5.41) is 5.82. The van der Waals surface area contributed by atoms with Gasteiger partial charge in [-0.3, -0.25) is 19.5 Å². The van der Waals surface area contributed by atoms with Gasteiger partial charge in [-0.15, -0.1) is 0 Å². The second-order valence-electron chi connectivity index (χ2n) is 6.87. The van der Waals surface area contributed by atoms with Crippen LogP contribution < -0.4 is 21.3 Å². The van der Waals surface area contributed by atoms with Crippen molar-refractivity contribution in [3.05, 3.63) is 68.9 Å². The topological polar surface area (TPSA) is 100 Å². The number of carbonyl (C=O) groups excluding carboxylic acids is 1. The maximum atomic E-state index is 12.5. The summed E-state index contributed by atoms with van der Waals surface area (Å²) < 4.78 is 1.04. The van der Waals surface area contributed by atoms with E-state index >= 15 is 0 Å². The number of fused-ring (bicyclic) bond motifs is 1. The molecule has 8 heteroatoms. The summed E-state index contributed by atoms with van der Waals surface area (Å²) in [5.41, 5.74) is 0.0716. The van der Waals surface area contributed by atoms with E-state index < -0.39 is 11.1 Å². The molecule has 3 aromatic rings. The third-order valence-electron chi connectivity index (χ3n) is 4.91. The maximum absolute atomic E-state index is 12.5. The molecule has 1 aromatic carbocycles. The van der Waals surface area contributed by atoms with Crippen LogP contribution in [0.3, 0.4) is 0 Å². The van der Waals surface area contributed by atoms with E-state index in [0.717, 1.165) is 29.2 Å². The minimum Gasteiger partial charge on any atom is -0.357 e. The van der Waals surface area contributed by atoms with E-state index in [1.165, 1.54) is 12.8 Å². The lowest BCUT2D eigenvalue weighted by Gasteiger charge is -2.16. The van der Waals surface area contributed by atoms with Gasteiger partial charge in [0.15, 0.2) is 0 Å². The molecule has 8 nitrogen and oxygen atoms in total. The number of H-pyrrole nitrogens is 1. The Morgan fingerprint density at radius 2 is 1.82 bits per heavy atom. The fraction of sp³-hybridized carbons (Fsp3) is 0.300. The van der Waals surface area contributed by atoms with Gasteiger partial charge < -0.3 is 10.2 Å². The predicted molar refractivity (Wildman–Crippen MR) is 106 cm³/mol. The summed E-state index contributed by atoms with van der Waals surface area (Å²) >= 11 is 0. The Balaban J connectivity index is 1.41. The molecule has 0 radical (unpaired) electrons. The lowest BCUT2D eigenvalue weighted by molar-refractivity contribution is -0.122. The number of carbonyl (C=O) groups is 1. The second-order valence-corrected chi connectivity index (χ2v) is 6.87. The largest absolute Gasteiger partial charge is 0.357 e. The van der Waals surface area contributed by atoms with Crippen LogP contribution in [0.25, 0.3) is 10.8 Å². The van der Waals surface area contributed by atoms with Crippen molar-refractivity contribution in [2.24, 2.45) is 0 Å². The first kappa shape index (κ1) is 18.0. The molecule has 0 saturated carbocycles. The van der Waals surface area contributed by atoms with Gasteiger partial charge >= 0.3 is 0 Å². The van der Waals surface area contributed by atoms with Gasteiger partial charge in [-0.2, -0.15) is 0 Å². The molecule has 0 atom stereocenters. The number of nitrogens with one attached hydrogen (secondary N) is 2. The standard InChI is InChI=1S/C20H21N5O3/c26-18(13-25-20(28)16-6-2-1-5-15(16)19(27)23-25)22-12-14-7-8-17(21-11-14)24-9-3-4-10-24/h1-2,5-8,11H,3-4,9-10,12-13H2,(H,22,26)(H,23,27). The molecule has 28 heavy (non-hydrogen) atoms. The van der Waals surface area contributed by atoms with E-state index in [4.69, 9.17) is 0 Å². The van der Waals surface area contributed by atoms with Gasteiger partial charge in [0.25, 0.3) is 11.1 Å². The van der Waals surface area contributed by atoms with Crippen LogP contribution in [0.1, 0.15) is 18.4 Å². The number of aromatic amines is 1. The molecule has 2 N–H and O–H groups in total. The van der Waals surface area contributed by atoms with Crippen molar-refractivity contribution < 1.29 is 4.79 Å². The maximum Gasteiger partial charge on any atom is 0.273 e. The quantitative estimate of drug-likeness (QED) is 0.689. The van der Waals surface area contributed by atoms with Crippen LogP contribution in [0.4, 0.5) is 5.82 Å². The van der Waals surface area contributed by atoms with E-state index in [9.17, 15) is 14.4 Å². The molecule has 1 saturated heterocycles. The third-order valence-corrected chi connectivity index (χ3v) is 4.91. The van der Waals surface area contributed by atoms with Crippen LogP contribution >= 0.6 is 0 Å². The van der Waals surface area contributed by atoms with E-state index in [1.54, 1.807) is 30.5 Å². The van der Waals surface area contributed by atoms with Crippen LogP contribution in [-0.4, -0.2) is 33.8 Å². The van der Waals surface area contributed by atoms with E-state index in [1.807, 2.05) is 12.1 Å². The fourth-order valence-corrected chi connectivity index (χ4v) is 3.41. The Kier molecular flexibility index (Phi) is 4.92. The first-order valence-electron chi connectivity index (χ1n) is 9.30. The van der Waals surface area contributed by atoms with Gasteiger partial charge in [-0.25, -0.2) is 9.67 Å². The highest BCUT2D eigenvalue weighted by atomic mass is 16.2. The van der Waals surface area contributed by atoms with Gasteiger partial charge in [-0.1, -0.05) is 18.2 Å². The molecule has 1 amide bonds. The number of benzene rings is 1. The van der Waals surface area contributed by atoms with Crippen molar-refractivity contribution in [3.8, 4) is 0 Å². The Morgan fingerprint density at radius 3 is 2.54 bits per heavy atom. The van der Waals surface area contributed by atoms with Gasteiger partial charge in [0.05, 0.1) is 10.8 Å². The van der Waals surface area contributed by atoms with Gasteiger partial charge in [0.2, 0.25) is 5.91 Å². The predicted octanol–water partition coefficient (Wildman–Crippen LogP) is 1.00. The lowest BCUT2D eigenvalue weighted by Crippen LogP contribution is -2.36. The monoisotopic (exact) mass is 379 g/mol. The fourth-order valence-electron chi connectivity index (χ4n) is 3.41. The molecule has 2 aromatic heterocycles. The molecule has 0 bridgehead atoms. The summed E-state index contributed by atoms with van der Waals surface area (Å²) in [5.74, 6) is 0.588. The Hall–Kier alpha value is -3.42. The Morgan fingerprint density at radius 1 is 1.07 bits per heavy atom. The van der Waals surface area contributed by atoms with Crippen LogP contribution in [0.15, 0.2) is 52.2 Å². The average molecular weight is 379 g/mol. The van der Waals surface area contributed by atoms with Gasteiger partial charge in [0.1, 0.15) is 12.4 Å². The number of pyridine rings is 1.